The van der Waals surface area contributed by atoms with Gasteiger partial charge in [-0.05, 0) is 36.8 Å². The molecule has 0 radical (unpaired) electrons. The van der Waals surface area contributed by atoms with Gasteiger partial charge in [0.2, 0.25) is 16.9 Å². The van der Waals surface area contributed by atoms with Crippen LogP contribution in [0, 0.1) is 6.92 Å². The molecule has 4 aromatic rings. The number of furan rings is 1. The minimum Gasteiger partial charge on any atom is -0.481 e. The second-order valence-corrected chi connectivity index (χ2v) is 5.84. The zero-order chi connectivity index (χ0) is 17.2. The summed E-state index contributed by atoms with van der Waals surface area (Å²) in [4.78, 5) is 12.9. The highest BCUT2D eigenvalue weighted by atomic mass is 16.5. The lowest BCUT2D eigenvalue weighted by Crippen LogP contribution is -2.10. The first-order chi connectivity index (χ1) is 12.2. The molecule has 0 N–H and O–H groups in total. The molecule has 0 saturated heterocycles. The molecule has 4 heteroatoms. The number of fused-ring (bicyclic) bond motifs is 1. The summed E-state index contributed by atoms with van der Waals surface area (Å²) >= 11 is 0. The van der Waals surface area contributed by atoms with E-state index in [2.05, 4.69) is 0 Å². The maximum atomic E-state index is 12.9. The first-order valence-corrected chi connectivity index (χ1v) is 8.00. The molecule has 0 saturated carbocycles. The molecule has 0 aliphatic heterocycles. The van der Waals surface area contributed by atoms with Crippen molar-refractivity contribution in [3.05, 3.63) is 88.3 Å². The topological polar surface area (TPSA) is 52.6 Å². The number of hydrogen-bond donors (Lipinski definition) is 0. The van der Waals surface area contributed by atoms with E-state index < -0.39 is 0 Å². The van der Waals surface area contributed by atoms with Gasteiger partial charge in [0.15, 0.2) is 5.76 Å². The first kappa shape index (κ1) is 15.3. The largest absolute Gasteiger partial charge is 0.481 e. The van der Waals surface area contributed by atoms with Crippen molar-refractivity contribution < 1.29 is 13.6 Å². The van der Waals surface area contributed by atoms with E-state index in [1.54, 1.807) is 30.3 Å². The van der Waals surface area contributed by atoms with Gasteiger partial charge in [0.1, 0.15) is 12.2 Å². The zero-order valence-corrected chi connectivity index (χ0v) is 13.7. The van der Waals surface area contributed by atoms with Gasteiger partial charge >= 0.3 is 0 Å². The number of hydrogen-bond acceptors (Lipinski definition) is 4. The molecular formula is C21H16O4. The van der Waals surface area contributed by atoms with E-state index in [4.69, 9.17) is 13.6 Å². The summed E-state index contributed by atoms with van der Waals surface area (Å²) in [6.45, 7) is 2.29. The van der Waals surface area contributed by atoms with Crippen molar-refractivity contribution in [2.24, 2.45) is 0 Å². The Labute approximate surface area is 144 Å². The molecule has 2 aromatic heterocycles. The molecule has 25 heavy (non-hydrogen) atoms. The molecule has 4 rings (SSSR count). The van der Waals surface area contributed by atoms with Crippen molar-refractivity contribution >= 4 is 11.0 Å². The predicted molar refractivity (Wildman–Crippen MR) is 95.7 cm³/mol. The first-order valence-electron chi connectivity index (χ1n) is 8.00. The average Bonchev–Trinajstić information content (AvgIpc) is 3.15. The van der Waals surface area contributed by atoms with E-state index in [1.807, 2.05) is 37.3 Å². The maximum absolute atomic E-state index is 12.9. The molecule has 0 bridgehead atoms. The summed E-state index contributed by atoms with van der Waals surface area (Å²) in [6.07, 6.45) is 1.54. The summed E-state index contributed by atoms with van der Waals surface area (Å²) in [6, 6.07) is 18.6. The van der Waals surface area contributed by atoms with Gasteiger partial charge in [-0.1, -0.05) is 42.0 Å². The third-order valence-electron chi connectivity index (χ3n) is 3.97. The number of aryl methyl sites for hydroxylation is 1. The minimum atomic E-state index is -0.207. The molecule has 2 aromatic carbocycles. The van der Waals surface area contributed by atoms with Crippen molar-refractivity contribution in [1.82, 2.24) is 0 Å². The van der Waals surface area contributed by atoms with E-state index in [9.17, 15) is 4.79 Å². The summed E-state index contributed by atoms with van der Waals surface area (Å²) in [5.74, 6) is 0.929. The van der Waals surface area contributed by atoms with Crippen molar-refractivity contribution in [2.75, 3.05) is 0 Å². The van der Waals surface area contributed by atoms with E-state index in [0.717, 1.165) is 11.1 Å². The Morgan fingerprint density at radius 2 is 1.88 bits per heavy atom. The van der Waals surface area contributed by atoms with Crippen molar-refractivity contribution in [3.8, 4) is 17.3 Å². The maximum Gasteiger partial charge on any atom is 0.235 e. The molecule has 2 heterocycles. The third kappa shape index (κ3) is 2.94. The lowest BCUT2D eigenvalue weighted by Gasteiger charge is -2.10. The van der Waals surface area contributed by atoms with Crippen LogP contribution in [0.1, 0.15) is 11.1 Å². The van der Waals surface area contributed by atoms with E-state index in [0.29, 0.717) is 22.5 Å². The summed E-state index contributed by atoms with van der Waals surface area (Å²) in [5.41, 5.74) is 2.42. The lowest BCUT2D eigenvalue weighted by atomic mass is 10.1. The number of ether oxygens (including phenoxy) is 1. The van der Waals surface area contributed by atoms with E-state index >= 15 is 0 Å². The van der Waals surface area contributed by atoms with Gasteiger partial charge in [0.25, 0.3) is 0 Å². The zero-order valence-electron chi connectivity index (χ0n) is 13.7. The highest BCUT2D eigenvalue weighted by molar-refractivity contribution is 5.81. The third-order valence-corrected chi connectivity index (χ3v) is 3.97. The summed E-state index contributed by atoms with van der Waals surface area (Å²) < 4.78 is 17.2. The smallest absolute Gasteiger partial charge is 0.235 e. The van der Waals surface area contributed by atoms with Crippen molar-refractivity contribution in [1.29, 1.82) is 0 Å². The minimum absolute atomic E-state index is 0.162. The highest BCUT2D eigenvalue weighted by Gasteiger charge is 2.19. The van der Waals surface area contributed by atoms with Crippen LogP contribution >= 0.6 is 0 Å². The van der Waals surface area contributed by atoms with Crippen LogP contribution in [-0.4, -0.2) is 0 Å². The van der Waals surface area contributed by atoms with Crippen molar-refractivity contribution in [2.45, 2.75) is 13.5 Å². The Kier molecular flexibility index (Phi) is 3.86. The SMILES string of the molecule is Cc1cccc(COc2c(-c3ccco3)oc3ccccc3c2=O)c1. The Bertz CT molecular complexity index is 1070. The fourth-order valence-electron chi connectivity index (χ4n) is 2.78. The summed E-state index contributed by atoms with van der Waals surface area (Å²) in [5, 5.41) is 0.483. The van der Waals surface area contributed by atoms with Crippen LogP contribution in [0.2, 0.25) is 0 Å². The van der Waals surface area contributed by atoms with Crippen LogP contribution in [0.3, 0.4) is 0 Å². The van der Waals surface area contributed by atoms with Crippen LogP contribution in [0.4, 0.5) is 0 Å². The Morgan fingerprint density at radius 3 is 2.68 bits per heavy atom. The molecule has 0 unspecified atom stereocenters. The van der Waals surface area contributed by atoms with Gasteiger partial charge in [0, 0.05) is 0 Å². The molecule has 124 valence electrons. The Hall–Kier alpha value is -3.27. The normalized spacial score (nSPS) is 10.9. The standard InChI is InChI=1S/C21H16O4/c1-14-6-4-7-15(12-14)13-24-21-19(22)16-8-2-3-9-17(16)25-20(21)18-10-5-11-23-18/h2-12H,13H2,1H3. The van der Waals surface area contributed by atoms with Crippen molar-refractivity contribution in [3.63, 3.8) is 0 Å². The fourth-order valence-corrected chi connectivity index (χ4v) is 2.78. The Morgan fingerprint density at radius 1 is 1.00 bits per heavy atom. The van der Waals surface area contributed by atoms with Gasteiger partial charge in [-0.3, -0.25) is 4.79 Å². The second-order valence-electron chi connectivity index (χ2n) is 5.84. The summed E-state index contributed by atoms with van der Waals surface area (Å²) in [7, 11) is 0. The van der Waals surface area contributed by atoms with Gasteiger partial charge in [0.05, 0.1) is 11.6 Å². The van der Waals surface area contributed by atoms with Crippen LogP contribution in [0.5, 0.6) is 5.75 Å². The average molecular weight is 332 g/mol. The number of benzene rings is 2. The van der Waals surface area contributed by atoms with Crippen LogP contribution in [0.15, 0.2) is 80.6 Å². The number of rotatable bonds is 4. The molecular weight excluding hydrogens is 316 g/mol. The second kappa shape index (κ2) is 6.32. The molecule has 0 atom stereocenters. The monoisotopic (exact) mass is 332 g/mol. The molecule has 0 aliphatic rings. The predicted octanol–water partition coefficient (Wildman–Crippen LogP) is 4.94. The van der Waals surface area contributed by atoms with Gasteiger partial charge in [-0.2, -0.15) is 0 Å². The molecule has 0 aliphatic carbocycles. The lowest BCUT2D eigenvalue weighted by molar-refractivity contribution is 0.296. The molecule has 0 amide bonds. The van der Waals surface area contributed by atoms with Crippen LogP contribution in [0.25, 0.3) is 22.5 Å². The van der Waals surface area contributed by atoms with Crippen LogP contribution < -0.4 is 10.2 Å². The quantitative estimate of drug-likeness (QED) is 0.531. The molecule has 4 nitrogen and oxygen atoms in total. The Balaban J connectivity index is 1.82. The van der Waals surface area contributed by atoms with Crippen LogP contribution in [-0.2, 0) is 6.61 Å². The van der Waals surface area contributed by atoms with Gasteiger partial charge in [-0.15, -0.1) is 0 Å². The number of para-hydroxylation sites is 1. The van der Waals surface area contributed by atoms with Gasteiger partial charge < -0.3 is 13.6 Å². The molecule has 0 spiro atoms. The highest BCUT2D eigenvalue weighted by Crippen LogP contribution is 2.31. The fraction of sp³-hybridized carbons (Fsp3) is 0.0952. The molecule has 0 fully saturated rings. The van der Waals surface area contributed by atoms with E-state index in [1.165, 1.54) is 6.26 Å². The van der Waals surface area contributed by atoms with Gasteiger partial charge in [-0.25, -0.2) is 0 Å². The van der Waals surface area contributed by atoms with E-state index in [-0.39, 0.29) is 17.8 Å².